The zero-order valence-corrected chi connectivity index (χ0v) is 17.5. The molecule has 0 amide bonds. The number of ether oxygens (including phenoxy) is 1. The van der Waals surface area contributed by atoms with Gasteiger partial charge in [-0.3, -0.25) is 4.79 Å². The van der Waals surface area contributed by atoms with Gasteiger partial charge in [-0.2, -0.15) is 0 Å². The molecule has 1 aromatic rings. The minimum absolute atomic E-state index is 0.122. The predicted octanol–water partition coefficient (Wildman–Crippen LogP) is 5.12. The highest BCUT2D eigenvalue weighted by Crippen LogP contribution is 2.44. The minimum Gasteiger partial charge on any atom is -0.487 e. The normalized spacial score (nSPS) is 21.3. The van der Waals surface area contributed by atoms with Crippen molar-refractivity contribution in [3.8, 4) is 5.75 Å². The van der Waals surface area contributed by atoms with Crippen LogP contribution in [0, 0.1) is 5.92 Å². The van der Waals surface area contributed by atoms with Crippen molar-refractivity contribution in [2.45, 2.75) is 70.8 Å². The van der Waals surface area contributed by atoms with E-state index < -0.39 is 11.9 Å². The van der Waals surface area contributed by atoms with Gasteiger partial charge in [0, 0.05) is 10.6 Å². The fraction of sp³-hybridized carbons (Fsp3) is 0.682. The van der Waals surface area contributed by atoms with Gasteiger partial charge < -0.3 is 14.7 Å². The fourth-order valence-electron chi connectivity index (χ4n) is 4.46. The van der Waals surface area contributed by atoms with E-state index in [1.54, 1.807) is 0 Å². The molecule has 0 spiro atoms. The zero-order chi connectivity index (χ0) is 19.6. The molecular weight excluding hydrogens is 362 g/mol. The quantitative estimate of drug-likeness (QED) is 0.728. The van der Waals surface area contributed by atoms with E-state index in [0.29, 0.717) is 5.02 Å². The number of halogens is 1. The molecule has 4 nitrogen and oxygen atoms in total. The standard InChI is InChI=1S/C22H32ClNO3/c1-4-5-10-24-11-7-15(8-12-24)19(21(25)26)18-14-17(23)13-16-6-9-22(2,3)27-20(16)18/h13-15,19H,4-12H2,1-3H3,(H,25,26). The summed E-state index contributed by atoms with van der Waals surface area (Å²) >= 11 is 6.36. The highest BCUT2D eigenvalue weighted by Gasteiger charge is 2.38. The summed E-state index contributed by atoms with van der Waals surface area (Å²) in [4.78, 5) is 14.8. The van der Waals surface area contributed by atoms with Crippen LogP contribution in [0.25, 0.3) is 0 Å². The lowest BCUT2D eigenvalue weighted by Crippen LogP contribution is -2.38. The maximum atomic E-state index is 12.3. The number of nitrogens with zero attached hydrogens (tertiary/aromatic N) is 1. The second kappa shape index (κ2) is 8.40. The Hall–Kier alpha value is -1.26. The second-order valence-corrected chi connectivity index (χ2v) is 9.13. The number of carbonyl (C=O) groups is 1. The fourth-order valence-corrected chi connectivity index (χ4v) is 4.71. The summed E-state index contributed by atoms with van der Waals surface area (Å²) in [5.41, 5.74) is 1.54. The Kier molecular flexibility index (Phi) is 6.37. The van der Waals surface area contributed by atoms with E-state index in [1.807, 2.05) is 12.1 Å². The van der Waals surface area contributed by atoms with Gasteiger partial charge in [-0.1, -0.05) is 24.9 Å². The highest BCUT2D eigenvalue weighted by molar-refractivity contribution is 6.30. The Labute approximate surface area is 167 Å². The van der Waals surface area contributed by atoms with Gasteiger partial charge in [-0.15, -0.1) is 0 Å². The van der Waals surface area contributed by atoms with E-state index in [-0.39, 0.29) is 11.5 Å². The smallest absolute Gasteiger partial charge is 0.311 e. The van der Waals surface area contributed by atoms with Gasteiger partial charge in [-0.25, -0.2) is 0 Å². The highest BCUT2D eigenvalue weighted by atomic mass is 35.5. The molecule has 27 heavy (non-hydrogen) atoms. The van der Waals surface area contributed by atoms with Gasteiger partial charge in [-0.05, 0) is 89.2 Å². The molecule has 2 aliphatic heterocycles. The van der Waals surface area contributed by atoms with E-state index in [9.17, 15) is 9.90 Å². The maximum Gasteiger partial charge on any atom is 0.311 e. The van der Waals surface area contributed by atoms with Crippen LogP contribution in [0.15, 0.2) is 12.1 Å². The van der Waals surface area contributed by atoms with Crippen LogP contribution in [0.4, 0.5) is 0 Å². The summed E-state index contributed by atoms with van der Waals surface area (Å²) in [6.07, 6.45) is 6.00. The number of fused-ring (bicyclic) bond motifs is 1. The molecule has 1 saturated heterocycles. The average Bonchev–Trinajstić information content (AvgIpc) is 2.61. The monoisotopic (exact) mass is 393 g/mol. The number of carboxylic acid groups (broad SMARTS) is 1. The van der Waals surface area contributed by atoms with Gasteiger partial charge >= 0.3 is 5.97 Å². The van der Waals surface area contributed by atoms with Crippen LogP contribution in [0.5, 0.6) is 5.75 Å². The molecule has 3 rings (SSSR count). The lowest BCUT2D eigenvalue weighted by Gasteiger charge is -2.38. The Balaban J connectivity index is 1.86. The predicted molar refractivity (Wildman–Crippen MR) is 109 cm³/mol. The first-order valence-corrected chi connectivity index (χ1v) is 10.6. The van der Waals surface area contributed by atoms with Crippen LogP contribution in [0.2, 0.25) is 5.02 Å². The summed E-state index contributed by atoms with van der Waals surface area (Å²) in [5, 5.41) is 10.7. The van der Waals surface area contributed by atoms with Crippen LogP contribution < -0.4 is 4.74 Å². The number of unbranched alkanes of at least 4 members (excludes halogenated alkanes) is 1. The molecule has 0 bridgehead atoms. The van der Waals surface area contributed by atoms with Gasteiger partial charge in [0.1, 0.15) is 11.4 Å². The van der Waals surface area contributed by atoms with Crippen LogP contribution in [-0.2, 0) is 11.2 Å². The Morgan fingerprint density at radius 3 is 2.70 bits per heavy atom. The number of carboxylic acids is 1. The minimum atomic E-state index is -0.765. The van der Waals surface area contributed by atoms with Crippen molar-refractivity contribution < 1.29 is 14.6 Å². The lowest BCUT2D eigenvalue weighted by atomic mass is 9.78. The van der Waals surface area contributed by atoms with Gasteiger partial charge in [0.05, 0.1) is 5.92 Å². The van der Waals surface area contributed by atoms with Crippen molar-refractivity contribution in [2.24, 2.45) is 5.92 Å². The Morgan fingerprint density at radius 2 is 2.07 bits per heavy atom. The second-order valence-electron chi connectivity index (χ2n) is 8.69. The van der Waals surface area contributed by atoms with E-state index in [2.05, 4.69) is 25.7 Å². The molecule has 150 valence electrons. The Morgan fingerprint density at radius 1 is 1.37 bits per heavy atom. The molecule has 1 atom stereocenters. The van der Waals surface area contributed by atoms with Crippen molar-refractivity contribution in [1.29, 1.82) is 0 Å². The first kappa shape index (κ1) is 20.5. The van der Waals surface area contributed by atoms with Crippen LogP contribution in [0.3, 0.4) is 0 Å². The number of benzene rings is 1. The number of hydrogen-bond acceptors (Lipinski definition) is 3. The topological polar surface area (TPSA) is 49.8 Å². The van der Waals surface area contributed by atoms with Crippen molar-refractivity contribution in [3.63, 3.8) is 0 Å². The number of hydrogen-bond donors (Lipinski definition) is 1. The third-order valence-electron chi connectivity index (χ3n) is 6.07. The molecule has 1 fully saturated rings. The number of likely N-dealkylation sites (tertiary alicyclic amines) is 1. The van der Waals surface area contributed by atoms with Crippen molar-refractivity contribution in [1.82, 2.24) is 4.90 Å². The van der Waals surface area contributed by atoms with Crippen molar-refractivity contribution in [2.75, 3.05) is 19.6 Å². The van der Waals surface area contributed by atoms with E-state index in [0.717, 1.165) is 62.2 Å². The van der Waals surface area contributed by atoms with Crippen LogP contribution in [0.1, 0.15) is 69.9 Å². The molecule has 2 aliphatic rings. The first-order valence-electron chi connectivity index (χ1n) is 10.3. The number of piperidine rings is 1. The molecule has 0 saturated carbocycles. The van der Waals surface area contributed by atoms with Crippen molar-refractivity contribution in [3.05, 3.63) is 28.3 Å². The maximum absolute atomic E-state index is 12.3. The molecule has 1 N–H and O–H groups in total. The molecular formula is C22H32ClNO3. The molecule has 1 unspecified atom stereocenters. The number of aryl methyl sites for hydroxylation is 1. The first-order chi connectivity index (χ1) is 12.8. The Bertz CT molecular complexity index is 680. The summed E-state index contributed by atoms with van der Waals surface area (Å²) < 4.78 is 6.27. The van der Waals surface area contributed by atoms with Crippen LogP contribution >= 0.6 is 11.6 Å². The summed E-state index contributed by atoms with van der Waals surface area (Å²) in [5.74, 6) is -0.439. The van der Waals surface area contributed by atoms with Crippen LogP contribution in [-0.4, -0.2) is 41.2 Å². The van der Waals surface area contributed by atoms with Gasteiger partial charge in [0.25, 0.3) is 0 Å². The number of rotatable bonds is 6. The number of aliphatic carboxylic acids is 1. The van der Waals surface area contributed by atoms with Gasteiger partial charge in [0.15, 0.2) is 0 Å². The van der Waals surface area contributed by atoms with Crippen molar-refractivity contribution >= 4 is 17.6 Å². The van der Waals surface area contributed by atoms with E-state index in [4.69, 9.17) is 16.3 Å². The SMILES string of the molecule is CCCCN1CCC(C(C(=O)O)c2cc(Cl)cc3c2OC(C)(C)CC3)CC1. The van der Waals surface area contributed by atoms with E-state index in [1.165, 1.54) is 12.8 Å². The molecule has 0 aliphatic carbocycles. The van der Waals surface area contributed by atoms with Gasteiger partial charge in [0.2, 0.25) is 0 Å². The molecule has 0 radical (unpaired) electrons. The third-order valence-corrected chi connectivity index (χ3v) is 6.28. The molecule has 2 heterocycles. The third kappa shape index (κ3) is 4.78. The average molecular weight is 394 g/mol. The summed E-state index contributed by atoms with van der Waals surface area (Å²) in [6, 6.07) is 3.76. The molecule has 0 aromatic heterocycles. The zero-order valence-electron chi connectivity index (χ0n) is 16.8. The summed E-state index contributed by atoms with van der Waals surface area (Å²) in [6.45, 7) is 9.40. The largest absolute Gasteiger partial charge is 0.487 e. The molecule has 5 heteroatoms. The van der Waals surface area contributed by atoms with E-state index >= 15 is 0 Å². The summed E-state index contributed by atoms with van der Waals surface area (Å²) in [7, 11) is 0. The lowest BCUT2D eigenvalue weighted by molar-refractivity contribution is -0.140. The molecule has 1 aromatic carbocycles.